The molecule has 4 nitrogen and oxygen atoms in total. The molecule has 3 atom stereocenters. The van der Waals surface area contributed by atoms with Gasteiger partial charge in [0.25, 0.3) is 0 Å². The number of hydrogen-bond donors (Lipinski definition) is 2. The number of rotatable bonds is 6. The van der Waals surface area contributed by atoms with Gasteiger partial charge in [-0.15, -0.1) is 0 Å². The molecular formula is C23H37N3O. The van der Waals surface area contributed by atoms with Crippen LogP contribution in [-0.2, 0) is 17.8 Å². The SMILES string of the molecule is c1cc(CNC2CCCC2C2COCCN2)cc(CN2CCCCCC2)c1. The third-order valence-corrected chi connectivity index (χ3v) is 6.70. The van der Waals surface area contributed by atoms with E-state index in [0.29, 0.717) is 18.0 Å². The van der Waals surface area contributed by atoms with Gasteiger partial charge >= 0.3 is 0 Å². The van der Waals surface area contributed by atoms with Crippen LogP contribution in [0.5, 0.6) is 0 Å². The molecule has 1 aromatic rings. The molecular weight excluding hydrogens is 334 g/mol. The number of hydrogen-bond acceptors (Lipinski definition) is 4. The molecule has 0 spiro atoms. The summed E-state index contributed by atoms with van der Waals surface area (Å²) in [5.41, 5.74) is 2.90. The highest BCUT2D eigenvalue weighted by molar-refractivity contribution is 5.23. The van der Waals surface area contributed by atoms with E-state index in [9.17, 15) is 0 Å². The van der Waals surface area contributed by atoms with Crippen LogP contribution < -0.4 is 10.6 Å². The van der Waals surface area contributed by atoms with Crippen molar-refractivity contribution < 1.29 is 4.74 Å². The van der Waals surface area contributed by atoms with Gasteiger partial charge in [0.1, 0.15) is 0 Å². The molecule has 0 amide bonds. The van der Waals surface area contributed by atoms with E-state index in [2.05, 4.69) is 39.8 Å². The van der Waals surface area contributed by atoms with Crippen molar-refractivity contribution in [1.29, 1.82) is 0 Å². The number of ether oxygens (including phenoxy) is 1. The number of benzene rings is 1. The van der Waals surface area contributed by atoms with Crippen LogP contribution in [0.2, 0.25) is 0 Å². The Bertz CT molecular complexity index is 564. The second kappa shape index (κ2) is 10.0. The minimum Gasteiger partial charge on any atom is -0.379 e. The number of nitrogens with zero attached hydrogens (tertiary/aromatic N) is 1. The Morgan fingerprint density at radius 1 is 1.04 bits per heavy atom. The first-order valence-electron chi connectivity index (χ1n) is 11.2. The smallest absolute Gasteiger partial charge is 0.0623 e. The molecule has 150 valence electrons. The maximum absolute atomic E-state index is 5.71. The Hall–Kier alpha value is -0.940. The molecule has 27 heavy (non-hydrogen) atoms. The van der Waals surface area contributed by atoms with Gasteiger partial charge in [0.05, 0.1) is 13.2 Å². The third-order valence-electron chi connectivity index (χ3n) is 6.70. The summed E-state index contributed by atoms with van der Waals surface area (Å²) in [6, 6.07) is 10.4. The van der Waals surface area contributed by atoms with E-state index in [-0.39, 0.29) is 0 Å². The molecule has 2 saturated heterocycles. The van der Waals surface area contributed by atoms with Gasteiger partial charge in [0.2, 0.25) is 0 Å². The molecule has 3 unspecified atom stereocenters. The van der Waals surface area contributed by atoms with Crippen molar-refractivity contribution in [2.75, 3.05) is 32.8 Å². The maximum atomic E-state index is 5.71. The molecule has 2 heterocycles. The first-order valence-corrected chi connectivity index (χ1v) is 11.2. The molecule has 3 fully saturated rings. The first kappa shape index (κ1) is 19.4. The average Bonchev–Trinajstić information content (AvgIpc) is 3.04. The molecule has 0 bridgehead atoms. The highest BCUT2D eigenvalue weighted by Gasteiger charge is 2.34. The number of likely N-dealkylation sites (tertiary alicyclic amines) is 1. The van der Waals surface area contributed by atoms with Crippen molar-refractivity contribution >= 4 is 0 Å². The predicted molar refractivity (Wildman–Crippen MR) is 111 cm³/mol. The van der Waals surface area contributed by atoms with Crippen LogP contribution >= 0.6 is 0 Å². The second-order valence-electron chi connectivity index (χ2n) is 8.73. The summed E-state index contributed by atoms with van der Waals surface area (Å²) in [6.45, 7) is 7.39. The lowest BCUT2D eigenvalue weighted by Gasteiger charge is -2.33. The van der Waals surface area contributed by atoms with Gasteiger partial charge in [-0.25, -0.2) is 0 Å². The van der Waals surface area contributed by atoms with Crippen LogP contribution in [0.3, 0.4) is 0 Å². The summed E-state index contributed by atoms with van der Waals surface area (Å²) in [7, 11) is 0. The van der Waals surface area contributed by atoms with Crippen molar-refractivity contribution in [3.63, 3.8) is 0 Å². The van der Waals surface area contributed by atoms with Gasteiger partial charge in [-0.2, -0.15) is 0 Å². The lowest BCUT2D eigenvalue weighted by molar-refractivity contribution is 0.0524. The minimum absolute atomic E-state index is 0.535. The molecule has 0 aromatic heterocycles. The third kappa shape index (κ3) is 5.54. The van der Waals surface area contributed by atoms with Crippen LogP contribution in [-0.4, -0.2) is 49.8 Å². The monoisotopic (exact) mass is 371 g/mol. The highest BCUT2D eigenvalue weighted by atomic mass is 16.5. The van der Waals surface area contributed by atoms with Crippen LogP contribution in [0.4, 0.5) is 0 Å². The zero-order valence-electron chi connectivity index (χ0n) is 16.8. The van der Waals surface area contributed by atoms with E-state index in [4.69, 9.17) is 4.74 Å². The average molecular weight is 372 g/mol. The normalized spacial score (nSPS) is 30.3. The molecule has 2 N–H and O–H groups in total. The van der Waals surface area contributed by atoms with E-state index in [1.165, 1.54) is 69.2 Å². The van der Waals surface area contributed by atoms with E-state index in [1.54, 1.807) is 0 Å². The number of morpholine rings is 1. The van der Waals surface area contributed by atoms with Gasteiger partial charge in [-0.1, -0.05) is 43.5 Å². The molecule has 2 aliphatic heterocycles. The topological polar surface area (TPSA) is 36.5 Å². The fourth-order valence-electron chi connectivity index (χ4n) is 5.22. The van der Waals surface area contributed by atoms with Crippen molar-refractivity contribution in [1.82, 2.24) is 15.5 Å². The predicted octanol–water partition coefficient (Wildman–Crippen LogP) is 3.31. The summed E-state index contributed by atoms with van der Waals surface area (Å²) in [6.07, 6.45) is 9.51. The van der Waals surface area contributed by atoms with Crippen molar-refractivity contribution in [3.05, 3.63) is 35.4 Å². The molecule has 1 aliphatic carbocycles. The Kier molecular flexibility index (Phi) is 7.19. The van der Waals surface area contributed by atoms with Crippen LogP contribution in [0.15, 0.2) is 24.3 Å². The molecule has 0 radical (unpaired) electrons. The molecule has 1 saturated carbocycles. The molecule has 3 aliphatic rings. The fourth-order valence-corrected chi connectivity index (χ4v) is 5.22. The van der Waals surface area contributed by atoms with E-state index in [0.717, 1.165) is 32.8 Å². The summed E-state index contributed by atoms with van der Waals surface area (Å²) in [4.78, 5) is 2.64. The zero-order chi connectivity index (χ0) is 18.3. The van der Waals surface area contributed by atoms with E-state index < -0.39 is 0 Å². The lowest BCUT2D eigenvalue weighted by Crippen LogP contribution is -2.50. The van der Waals surface area contributed by atoms with Gasteiger partial charge in [-0.05, 0) is 55.8 Å². The van der Waals surface area contributed by atoms with Gasteiger partial charge in [0, 0.05) is 31.7 Å². The van der Waals surface area contributed by atoms with Crippen molar-refractivity contribution in [2.24, 2.45) is 5.92 Å². The fraction of sp³-hybridized carbons (Fsp3) is 0.739. The Morgan fingerprint density at radius 2 is 1.89 bits per heavy atom. The second-order valence-corrected chi connectivity index (χ2v) is 8.73. The van der Waals surface area contributed by atoms with Crippen LogP contribution in [0, 0.1) is 5.92 Å². The van der Waals surface area contributed by atoms with Gasteiger partial charge in [-0.3, -0.25) is 4.90 Å². The van der Waals surface area contributed by atoms with Crippen LogP contribution in [0.1, 0.15) is 56.1 Å². The Balaban J connectivity index is 1.30. The Labute approximate surface area is 165 Å². The standard InChI is InChI=1S/C23H37N3O/c1-2-4-13-26(12-3-1)17-20-8-5-7-19(15-20)16-25-22-10-6-9-21(22)23-18-27-14-11-24-23/h5,7-8,15,21-25H,1-4,6,9-14,16-18H2. The quantitative estimate of drug-likeness (QED) is 0.804. The first-order chi connectivity index (χ1) is 13.4. The summed E-state index contributed by atoms with van der Waals surface area (Å²) in [5, 5.41) is 7.56. The summed E-state index contributed by atoms with van der Waals surface area (Å²) in [5.74, 6) is 0.714. The van der Waals surface area contributed by atoms with Gasteiger partial charge in [0.15, 0.2) is 0 Å². The lowest BCUT2D eigenvalue weighted by atomic mass is 9.94. The molecule has 1 aromatic carbocycles. The summed E-state index contributed by atoms with van der Waals surface area (Å²) < 4.78 is 5.71. The van der Waals surface area contributed by atoms with Gasteiger partial charge < -0.3 is 15.4 Å². The summed E-state index contributed by atoms with van der Waals surface area (Å²) >= 11 is 0. The van der Waals surface area contributed by atoms with E-state index in [1.807, 2.05) is 0 Å². The largest absolute Gasteiger partial charge is 0.379 e. The van der Waals surface area contributed by atoms with Crippen molar-refractivity contribution in [3.8, 4) is 0 Å². The molecule has 4 heteroatoms. The molecule has 4 rings (SSSR count). The minimum atomic E-state index is 0.535. The van der Waals surface area contributed by atoms with Crippen LogP contribution in [0.25, 0.3) is 0 Å². The van der Waals surface area contributed by atoms with E-state index >= 15 is 0 Å². The highest BCUT2D eigenvalue weighted by Crippen LogP contribution is 2.29. The zero-order valence-corrected chi connectivity index (χ0v) is 16.8. The Morgan fingerprint density at radius 3 is 2.70 bits per heavy atom. The number of nitrogens with one attached hydrogen (secondary N) is 2. The maximum Gasteiger partial charge on any atom is 0.0623 e. The van der Waals surface area contributed by atoms with Crippen molar-refractivity contribution in [2.45, 2.75) is 70.1 Å².